The van der Waals surface area contributed by atoms with Gasteiger partial charge in [-0.2, -0.15) is 9.97 Å². The molecule has 8 nitrogen and oxygen atoms in total. The molecule has 1 aliphatic rings. The van der Waals surface area contributed by atoms with Crippen molar-refractivity contribution < 1.29 is 19.3 Å². The third kappa shape index (κ3) is 6.13. The van der Waals surface area contributed by atoms with Crippen molar-refractivity contribution >= 4 is 5.82 Å². The van der Waals surface area contributed by atoms with Crippen LogP contribution in [0.3, 0.4) is 0 Å². The zero-order valence-corrected chi connectivity index (χ0v) is 18.1. The lowest BCUT2D eigenvalue weighted by atomic mass is 10.0. The van der Waals surface area contributed by atoms with Crippen molar-refractivity contribution in [3.63, 3.8) is 0 Å². The van der Waals surface area contributed by atoms with Crippen LogP contribution in [0.5, 0.6) is 23.4 Å². The van der Waals surface area contributed by atoms with Crippen LogP contribution in [0.25, 0.3) is 0 Å². The molecule has 0 amide bonds. The number of nitrogens with zero attached hydrogens (tertiary/aromatic N) is 3. The molecular weight excluding hydrogens is 384 g/mol. The van der Waals surface area contributed by atoms with Gasteiger partial charge in [0.1, 0.15) is 5.82 Å². The first-order chi connectivity index (χ1) is 14.6. The summed E-state index contributed by atoms with van der Waals surface area (Å²) in [5.41, 5.74) is 1.22. The summed E-state index contributed by atoms with van der Waals surface area (Å²) in [5.74, 6) is 2.53. The Hall–Kier alpha value is -2.74. The van der Waals surface area contributed by atoms with E-state index in [4.69, 9.17) is 14.2 Å². The van der Waals surface area contributed by atoms with Gasteiger partial charge in [-0.05, 0) is 37.0 Å². The molecule has 0 bridgehead atoms. The Morgan fingerprint density at radius 3 is 2.60 bits per heavy atom. The molecule has 0 spiro atoms. The number of aromatic nitrogens is 2. The Morgan fingerprint density at radius 2 is 1.90 bits per heavy atom. The molecule has 1 aromatic carbocycles. The fourth-order valence-corrected chi connectivity index (χ4v) is 3.55. The SMILES string of the molecule is CCCCOc1cc(CN2CCC(Nc3cc(OC)nc(O)n3)CC2)ccc1OC. The minimum absolute atomic E-state index is 0.286. The van der Waals surface area contributed by atoms with Crippen LogP contribution < -0.4 is 19.5 Å². The summed E-state index contributed by atoms with van der Waals surface area (Å²) >= 11 is 0. The summed E-state index contributed by atoms with van der Waals surface area (Å²) in [6, 6.07) is 7.89. The van der Waals surface area contributed by atoms with Crippen molar-refractivity contribution in [3.8, 4) is 23.4 Å². The number of hydrogen-bond donors (Lipinski definition) is 2. The fourth-order valence-electron chi connectivity index (χ4n) is 3.55. The van der Waals surface area contributed by atoms with Gasteiger partial charge in [0.2, 0.25) is 5.88 Å². The Morgan fingerprint density at radius 1 is 1.10 bits per heavy atom. The van der Waals surface area contributed by atoms with Crippen LogP contribution >= 0.6 is 0 Å². The summed E-state index contributed by atoms with van der Waals surface area (Å²) < 4.78 is 16.4. The first-order valence-corrected chi connectivity index (χ1v) is 10.5. The molecule has 1 aromatic heterocycles. The van der Waals surface area contributed by atoms with Gasteiger partial charge in [-0.3, -0.25) is 4.90 Å². The van der Waals surface area contributed by atoms with Crippen LogP contribution in [0.2, 0.25) is 0 Å². The number of aromatic hydroxyl groups is 1. The van der Waals surface area contributed by atoms with Crippen molar-refractivity contribution in [2.24, 2.45) is 0 Å². The summed E-state index contributed by atoms with van der Waals surface area (Å²) in [5, 5.41) is 13.0. The molecule has 0 atom stereocenters. The van der Waals surface area contributed by atoms with Crippen molar-refractivity contribution in [2.45, 2.75) is 45.2 Å². The van der Waals surface area contributed by atoms with Gasteiger partial charge in [-0.15, -0.1) is 0 Å². The van der Waals surface area contributed by atoms with E-state index in [-0.39, 0.29) is 6.01 Å². The maximum absolute atomic E-state index is 9.62. The third-order valence-electron chi connectivity index (χ3n) is 5.23. The Kier molecular flexibility index (Phi) is 7.96. The number of anilines is 1. The highest BCUT2D eigenvalue weighted by atomic mass is 16.5. The van der Waals surface area contributed by atoms with Gasteiger partial charge in [0.15, 0.2) is 11.5 Å². The second-order valence-corrected chi connectivity index (χ2v) is 7.48. The smallest absolute Gasteiger partial charge is 0.319 e. The van der Waals surface area contributed by atoms with E-state index in [1.165, 1.54) is 12.7 Å². The van der Waals surface area contributed by atoms with Crippen molar-refractivity contribution in [1.29, 1.82) is 0 Å². The molecular formula is C22H32N4O4. The highest BCUT2D eigenvalue weighted by Gasteiger charge is 2.20. The molecule has 0 unspecified atom stereocenters. The quantitative estimate of drug-likeness (QED) is 0.569. The van der Waals surface area contributed by atoms with Gasteiger partial charge < -0.3 is 24.6 Å². The predicted molar refractivity (Wildman–Crippen MR) is 116 cm³/mol. The van der Waals surface area contributed by atoms with Gasteiger partial charge >= 0.3 is 6.01 Å². The lowest BCUT2D eigenvalue weighted by Crippen LogP contribution is -2.38. The fraction of sp³-hybridized carbons (Fsp3) is 0.545. The van der Waals surface area contributed by atoms with E-state index in [2.05, 4.69) is 39.2 Å². The zero-order valence-electron chi connectivity index (χ0n) is 18.1. The van der Waals surface area contributed by atoms with Gasteiger partial charge in [0.05, 0.1) is 20.8 Å². The second kappa shape index (κ2) is 10.9. The highest BCUT2D eigenvalue weighted by Crippen LogP contribution is 2.29. The largest absolute Gasteiger partial charge is 0.493 e. The number of unbranched alkanes of at least 4 members (excludes halogenated alkanes) is 1. The van der Waals surface area contributed by atoms with Crippen LogP contribution in [0, 0.1) is 0 Å². The lowest BCUT2D eigenvalue weighted by molar-refractivity contribution is 0.210. The van der Waals surface area contributed by atoms with Crippen LogP contribution in [0.4, 0.5) is 5.82 Å². The number of hydrogen-bond acceptors (Lipinski definition) is 8. The number of ether oxygens (including phenoxy) is 3. The maximum Gasteiger partial charge on any atom is 0.319 e. The van der Waals surface area contributed by atoms with E-state index in [9.17, 15) is 5.11 Å². The molecule has 2 aromatic rings. The summed E-state index contributed by atoms with van der Waals surface area (Å²) in [7, 11) is 3.19. The minimum Gasteiger partial charge on any atom is -0.493 e. The van der Waals surface area contributed by atoms with Crippen LogP contribution in [0.1, 0.15) is 38.2 Å². The number of rotatable bonds is 10. The van der Waals surface area contributed by atoms with Gasteiger partial charge in [-0.1, -0.05) is 19.4 Å². The maximum atomic E-state index is 9.62. The Labute approximate surface area is 178 Å². The minimum atomic E-state index is -0.286. The molecule has 0 aliphatic carbocycles. The van der Waals surface area contributed by atoms with E-state index >= 15 is 0 Å². The van der Waals surface area contributed by atoms with E-state index in [0.29, 0.717) is 24.3 Å². The van der Waals surface area contributed by atoms with Gasteiger partial charge in [0.25, 0.3) is 0 Å². The molecule has 3 rings (SSSR count). The average molecular weight is 417 g/mol. The molecule has 30 heavy (non-hydrogen) atoms. The second-order valence-electron chi connectivity index (χ2n) is 7.48. The molecule has 0 saturated carbocycles. The van der Waals surface area contributed by atoms with E-state index < -0.39 is 0 Å². The Bertz CT molecular complexity index is 810. The molecule has 1 fully saturated rings. The summed E-state index contributed by atoms with van der Waals surface area (Å²) in [6.45, 7) is 5.69. The number of likely N-dealkylation sites (tertiary alicyclic amines) is 1. The monoisotopic (exact) mass is 416 g/mol. The first-order valence-electron chi connectivity index (χ1n) is 10.5. The van der Waals surface area contributed by atoms with Crippen molar-refractivity contribution in [3.05, 3.63) is 29.8 Å². The normalized spacial score (nSPS) is 15.0. The molecule has 1 saturated heterocycles. The summed E-state index contributed by atoms with van der Waals surface area (Å²) in [6.07, 6.45) is 4.11. The molecule has 2 N–H and O–H groups in total. The number of benzene rings is 1. The first kappa shape index (κ1) is 22.0. The molecule has 8 heteroatoms. The average Bonchev–Trinajstić information content (AvgIpc) is 2.75. The predicted octanol–water partition coefficient (Wildman–Crippen LogP) is 3.45. The lowest BCUT2D eigenvalue weighted by Gasteiger charge is -2.32. The Balaban J connectivity index is 1.53. The van der Waals surface area contributed by atoms with Crippen molar-refractivity contribution in [1.82, 2.24) is 14.9 Å². The van der Waals surface area contributed by atoms with E-state index in [1.54, 1.807) is 13.2 Å². The molecule has 164 valence electrons. The van der Waals surface area contributed by atoms with Gasteiger partial charge in [-0.25, -0.2) is 0 Å². The number of nitrogens with one attached hydrogen (secondary N) is 1. The molecule has 2 heterocycles. The van der Waals surface area contributed by atoms with Gasteiger partial charge in [0, 0.05) is 31.7 Å². The number of piperidine rings is 1. The van der Waals surface area contributed by atoms with E-state index in [0.717, 1.165) is 56.8 Å². The van der Waals surface area contributed by atoms with Crippen LogP contribution in [-0.4, -0.2) is 59.9 Å². The van der Waals surface area contributed by atoms with Crippen LogP contribution in [0.15, 0.2) is 24.3 Å². The molecule has 1 aliphatic heterocycles. The standard InChI is InChI=1S/C22H32N4O4/c1-4-5-12-30-19-13-16(6-7-18(19)28-2)15-26-10-8-17(9-11-26)23-20-14-21(29-3)25-22(27)24-20/h6-7,13-14,17H,4-5,8-12,15H2,1-3H3,(H2,23,24,25,27). The summed E-state index contributed by atoms with van der Waals surface area (Å²) in [4.78, 5) is 10.3. The van der Waals surface area contributed by atoms with Crippen LogP contribution in [-0.2, 0) is 6.54 Å². The highest BCUT2D eigenvalue weighted by molar-refractivity contribution is 5.43. The van der Waals surface area contributed by atoms with E-state index in [1.807, 2.05) is 6.07 Å². The zero-order chi connectivity index (χ0) is 21.3. The number of methoxy groups -OCH3 is 2. The topological polar surface area (TPSA) is 89.0 Å². The molecule has 0 radical (unpaired) electrons. The van der Waals surface area contributed by atoms with Crippen molar-refractivity contribution in [2.75, 3.05) is 39.2 Å². The third-order valence-corrected chi connectivity index (χ3v) is 5.23.